The molecule has 8 heteroatoms. The number of imide groups is 1. The lowest BCUT2D eigenvalue weighted by Gasteiger charge is -2.22. The second kappa shape index (κ2) is 8.86. The van der Waals surface area contributed by atoms with Gasteiger partial charge in [-0.3, -0.25) is 14.5 Å². The average Bonchev–Trinajstić information content (AvgIpc) is 2.95. The van der Waals surface area contributed by atoms with Crippen LogP contribution in [0.2, 0.25) is 0 Å². The van der Waals surface area contributed by atoms with Crippen molar-refractivity contribution in [2.75, 3.05) is 20.8 Å². The summed E-state index contributed by atoms with van der Waals surface area (Å²) in [5.74, 6) is 0.391. The highest BCUT2D eigenvalue weighted by Crippen LogP contribution is 2.27. The first-order valence-corrected chi connectivity index (χ1v) is 9.52. The standard InChI is InChI=1S/C22H25N3O5/c1-22(12-15-8-4-6-10-17(15)29-2)20(27)25(21(28)24-22)14-19(26)23-13-16-9-5-7-11-18(16)30-3/h4-11H,12-14H2,1-3H3,(H,23,26)(H,24,28)/t22-/m0/s1. The molecule has 30 heavy (non-hydrogen) atoms. The molecular weight excluding hydrogens is 386 g/mol. The molecule has 2 aromatic carbocycles. The molecule has 1 heterocycles. The molecule has 0 radical (unpaired) electrons. The molecule has 0 saturated carbocycles. The topological polar surface area (TPSA) is 97.0 Å². The molecule has 0 bridgehead atoms. The average molecular weight is 411 g/mol. The summed E-state index contributed by atoms with van der Waals surface area (Å²) in [6.45, 7) is 1.51. The van der Waals surface area contributed by atoms with Crippen LogP contribution in [0.4, 0.5) is 4.79 Å². The second-order valence-corrected chi connectivity index (χ2v) is 7.23. The molecule has 158 valence electrons. The van der Waals surface area contributed by atoms with E-state index in [0.717, 1.165) is 16.0 Å². The van der Waals surface area contributed by atoms with Crippen LogP contribution >= 0.6 is 0 Å². The van der Waals surface area contributed by atoms with Crippen molar-refractivity contribution < 1.29 is 23.9 Å². The number of nitrogens with zero attached hydrogens (tertiary/aromatic N) is 1. The van der Waals surface area contributed by atoms with E-state index in [4.69, 9.17) is 9.47 Å². The number of ether oxygens (including phenoxy) is 2. The number of amides is 4. The van der Waals surface area contributed by atoms with Gasteiger partial charge in [0, 0.05) is 18.5 Å². The summed E-state index contributed by atoms with van der Waals surface area (Å²) >= 11 is 0. The summed E-state index contributed by atoms with van der Waals surface area (Å²) in [4.78, 5) is 38.7. The number of urea groups is 1. The van der Waals surface area contributed by atoms with E-state index in [9.17, 15) is 14.4 Å². The number of nitrogens with one attached hydrogen (secondary N) is 2. The quantitative estimate of drug-likeness (QED) is 0.647. The van der Waals surface area contributed by atoms with Gasteiger partial charge in [-0.1, -0.05) is 36.4 Å². The van der Waals surface area contributed by atoms with Crippen LogP contribution in [0.25, 0.3) is 0 Å². The van der Waals surface area contributed by atoms with Crippen LogP contribution < -0.4 is 20.1 Å². The molecule has 2 N–H and O–H groups in total. The van der Waals surface area contributed by atoms with Crippen molar-refractivity contribution in [1.29, 1.82) is 0 Å². The Kier molecular flexibility index (Phi) is 6.25. The van der Waals surface area contributed by atoms with Gasteiger partial charge in [-0.15, -0.1) is 0 Å². The molecule has 0 aromatic heterocycles. The van der Waals surface area contributed by atoms with Gasteiger partial charge in [0.2, 0.25) is 5.91 Å². The van der Waals surface area contributed by atoms with E-state index in [1.54, 1.807) is 33.3 Å². The van der Waals surface area contributed by atoms with Gasteiger partial charge in [-0.2, -0.15) is 0 Å². The van der Waals surface area contributed by atoms with Crippen molar-refractivity contribution in [2.45, 2.75) is 25.4 Å². The van der Waals surface area contributed by atoms with Crippen molar-refractivity contribution in [3.05, 3.63) is 59.7 Å². The van der Waals surface area contributed by atoms with Crippen LogP contribution in [0.1, 0.15) is 18.1 Å². The number of para-hydroxylation sites is 2. The van der Waals surface area contributed by atoms with E-state index in [2.05, 4.69) is 10.6 Å². The van der Waals surface area contributed by atoms with Crippen molar-refractivity contribution in [2.24, 2.45) is 0 Å². The van der Waals surface area contributed by atoms with Crippen molar-refractivity contribution in [3.63, 3.8) is 0 Å². The van der Waals surface area contributed by atoms with Gasteiger partial charge in [0.15, 0.2) is 0 Å². The Labute approximate surface area is 175 Å². The Morgan fingerprint density at radius 3 is 2.20 bits per heavy atom. The normalized spacial score (nSPS) is 18.2. The highest BCUT2D eigenvalue weighted by atomic mass is 16.5. The zero-order valence-electron chi connectivity index (χ0n) is 17.2. The molecule has 4 amide bonds. The minimum atomic E-state index is -1.16. The largest absolute Gasteiger partial charge is 0.496 e. The second-order valence-electron chi connectivity index (χ2n) is 7.23. The van der Waals surface area contributed by atoms with Crippen LogP contribution in [-0.2, 0) is 22.6 Å². The smallest absolute Gasteiger partial charge is 0.325 e. The van der Waals surface area contributed by atoms with E-state index >= 15 is 0 Å². The summed E-state index contributed by atoms with van der Waals surface area (Å²) in [5.41, 5.74) is 0.430. The maximum absolute atomic E-state index is 13.0. The fourth-order valence-corrected chi connectivity index (χ4v) is 3.48. The minimum Gasteiger partial charge on any atom is -0.496 e. The Bertz CT molecular complexity index is 961. The van der Waals surface area contributed by atoms with Gasteiger partial charge in [0.25, 0.3) is 5.91 Å². The lowest BCUT2D eigenvalue weighted by Crippen LogP contribution is -2.46. The molecule has 0 spiro atoms. The summed E-state index contributed by atoms with van der Waals surface area (Å²) in [6.07, 6.45) is 0.251. The number of hydrogen-bond acceptors (Lipinski definition) is 5. The minimum absolute atomic E-state index is 0.227. The fourth-order valence-electron chi connectivity index (χ4n) is 3.48. The Morgan fingerprint density at radius 2 is 1.57 bits per heavy atom. The first-order valence-electron chi connectivity index (χ1n) is 9.52. The molecule has 1 fully saturated rings. The first kappa shape index (κ1) is 21.2. The monoisotopic (exact) mass is 411 g/mol. The number of benzene rings is 2. The van der Waals surface area contributed by atoms with Gasteiger partial charge >= 0.3 is 6.03 Å². The lowest BCUT2D eigenvalue weighted by molar-refractivity contribution is -0.134. The Morgan fingerprint density at radius 1 is 1.00 bits per heavy atom. The van der Waals surface area contributed by atoms with E-state index < -0.39 is 23.4 Å². The number of carbonyl (C=O) groups is 3. The van der Waals surface area contributed by atoms with Gasteiger partial charge in [0.1, 0.15) is 23.6 Å². The number of rotatable bonds is 8. The third-order valence-corrected chi connectivity index (χ3v) is 5.05. The molecule has 1 atom stereocenters. The van der Waals surface area contributed by atoms with Crippen LogP contribution in [0.5, 0.6) is 11.5 Å². The zero-order valence-corrected chi connectivity index (χ0v) is 17.2. The van der Waals surface area contributed by atoms with E-state index in [1.807, 2.05) is 36.4 Å². The van der Waals surface area contributed by atoms with Crippen molar-refractivity contribution in [1.82, 2.24) is 15.5 Å². The summed E-state index contributed by atoms with van der Waals surface area (Å²) in [6, 6.07) is 14.0. The van der Waals surface area contributed by atoms with Crippen molar-refractivity contribution >= 4 is 17.8 Å². The lowest BCUT2D eigenvalue weighted by atomic mass is 9.92. The summed E-state index contributed by atoms with van der Waals surface area (Å²) in [5, 5.41) is 5.43. The van der Waals surface area contributed by atoms with E-state index in [-0.39, 0.29) is 19.5 Å². The molecule has 0 unspecified atom stereocenters. The van der Waals surface area contributed by atoms with Gasteiger partial charge in [0.05, 0.1) is 14.2 Å². The van der Waals surface area contributed by atoms with E-state index in [0.29, 0.717) is 11.5 Å². The molecular formula is C22H25N3O5. The molecule has 3 rings (SSSR count). The highest BCUT2D eigenvalue weighted by molar-refractivity contribution is 6.09. The third-order valence-electron chi connectivity index (χ3n) is 5.05. The Balaban J connectivity index is 1.65. The molecule has 2 aromatic rings. The third kappa shape index (κ3) is 4.37. The number of hydrogen-bond donors (Lipinski definition) is 2. The van der Waals surface area contributed by atoms with Crippen LogP contribution in [0.15, 0.2) is 48.5 Å². The number of carbonyl (C=O) groups excluding carboxylic acids is 3. The predicted molar refractivity (Wildman–Crippen MR) is 110 cm³/mol. The van der Waals surface area contributed by atoms with E-state index in [1.165, 1.54) is 0 Å². The number of methoxy groups -OCH3 is 2. The predicted octanol–water partition coefficient (Wildman–Crippen LogP) is 1.87. The van der Waals surface area contributed by atoms with Crippen molar-refractivity contribution in [3.8, 4) is 11.5 Å². The molecule has 1 saturated heterocycles. The SMILES string of the molecule is COc1ccccc1CNC(=O)CN1C(=O)N[C@@](C)(Cc2ccccc2OC)C1=O. The van der Waals surface area contributed by atoms with Gasteiger partial charge in [-0.25, -0.2) is 4.79 Å². The maximum atomic E-state index is 13.0. The van der Waals surface area contributed by atoms with Gasteiger partial charge < -0.3 is 20.1 Å². The maximum Gasteiger partial charge on any atom is 0.325 e. The molecule has 1 aliphatic heterocycles. The highest BCUT2D eigenvalue weighted by Gasteiger charge is 2.48. The fraction of sp³-hybridized carbons (Fsp3) is 0.318. The summed E-state index contributed by atoms with van der Waals surface area (Å²) in [7, 11) is 3.10. The first-order chi connectivity index (χ1) is 14.4. The Hall–Kier alpha value is -3.55. The molecule has 8 nitrogen and oxygen atoms in total. The summed E-state index contributed by atoms with van der Waals surface area (Å²) < 4.78 is 10.6. The van der Waals surface area contributed by atoms with Crippen LogP contribution in [-0.4, -0.2) is 49.0 Å². The molecule has 1 aliphatic rings. The van der Waals surface area contributed by atoms with Crippen LogP contribution in [0.3, 0.4) is 0 Å². The molecule has 0 aliphatic carbocycles. The zero-order chi connectivity index (χ0) is 21.7. The van der Waals surface area contributed by atoms with Crippen LogP contribution in [0, 0.1) is 0 Å². The van der Waals surface area contributed by atoms with Gasteiger partial charge in [-0.05, 0) is 24.6 Å².